The molecule has 1 N–H and O–H groups in total. The standard InChI is InChI=1S/C23H40N4O/c1-3-5-7-9-11-13-17-26-19-15-24-22(26)21(28)23-25-16-20-27(23)18-14-12-10-8-6-4-2/h15-16,19-21,28H,3-14,17-18H2,1-2H3. The minimum Gasteiger partial charge on any atom is -0.377 e. The highest BCUT2D eigenvalue weighted by molar-refractivity contribution is 5.10. The number of unbranched alkanes of at least 4 members (excludes halogenated alkanes) is 10. The summed E-state index contributed by atoms with van der Waals surface area (Å²) in [6.07, 6.45) is 22.0. The Morgan fingerprint density at radius 1 is 0.679 bits per heavy atom. The summed E-state index contributed by atoms with van der Waals surface area (Å²) in [6, 6.07) is 0. The predicted octanol–water partition coefficient (Wildman–Crippen LogP) is 5.88. The molecule has 0 fully saturated rings. The van der Waals surface area contributed by atoms with Gasteiger partial charge in [-0.1, -0.05) is 78.1 Å². The van der Waals surface area contributed by atoms with E-state index in [9.17, 15) is 5.11 Å². The molecular formula is C23H40N4O. The lowest BCUT2D eigenvalue weighted by Crippen LogP contribution is -2.15. The third kappa shape index (κ3) is 7.42. The van der Waals surface area contributed by atoms with Gasteiger partial charge in [-0.25, -0.2) is 9.97 Å². The van der Waals surface area contributed by atoms with Crippen molar-refractivity contribution in [2.24, 2.45) is 0 Å². The molecule has 0 aliphatic heterocycles. The SMILES string of the molecule is CCCCCCCCn1ccnc1C(O)c1nccn1CCCCCCCC. The number of hydrogen-bond donors (Lipinski definition) is 1. The quantitative estimate of drug-likeness (QED) is 0.365. The molecular weight excluding hydrogens is 348 g/mol. The minimum atomic E-state index is -0.759. The van der Waals surface area contributed by atoms with E-state index in [-0.39, 0.29) is 0 Å². The van der Waals surface area contributed by atoms with Gasteiger partial charge in [-0.15, -0.1) is 0 Å². The van der Waals surface area contributed by atoms with E-state index in [1.54, 1.807) is 12.4 Å². The molecule has 5 nitrogen and oxygen atoms in total. The van der Waals surface area contributed by atoms with Crippen LogP contribution in [-0.2, 0) is 13.1 Å². The van der Waals surface area contributed by atoms with Gasteiger partial charge >= 0.3 is 0 Å². The highest BCUT2D eigenvalue weighted by Gasteiger charge is 2.20. The average Bonchev–Trinajstić information content (AvgIpc) is 3.36. The topological polar surface area (TPSA) is 55.9 Å². The Bertz CT molecular complexity index is 580. The molecule has 0 amide bonds. The number of rotatable bonds is 16. The van der Waals surface area contributed by atoms with E-state index < -0.39 is 6.10 Å². The van der Waals surface area contributed by atoms with Crippen LogP contribution < -0.4 is 0 Å². The third-order valence-corrected chi connectivity index (χ3v) is 5.49. The number of aryl methyl sites for hydroxylation is 2. The molecule has 5 heteroatoms. The monoisotopic (exact) mass is 388 g/mol. The van der Waals surface area contributed by atoms with Crippen LogP contribution in [0.1, 0.15) is 109 Å². The molecule has 2 rings (SSSR count). The summed E-state index contributed by atoms with van der Waals surface area (Å²) >= 11 is 0. The van der Waals surface area contributed by atoms with Crippen LogP contribution in [0, 0.1) is 0 Å². The molecule has 158 valence electrons. The Morgan fingerprint density at radius 3 is 1.50 bits per heavy atom. The predicted molar refractivity (Wildman–Crippen MR) is 115 cm³/mol. The first kappa shape index (κ1) is 22.7. The van der Waals surface area contributed by atoms with Gasteiger partial charge in [0, 0.05) is 37.9 Å². The molecule has 0 spiro atoms. The summed E-state index contributed by atoms with van der Waals surface area (Å²) in [6.45, 7) is 6.32. The van der Waals surface area contributed by atoms with Crippen LogP contribution in [0.2, 0.25) is 0 Å². The molecule has 28 heavy (non-hydrogen) atoms. The second kappa shape index (κ2) is 13.5. The molecule has 0 saturated carbocycles. The summed E-state index contributed by atoms with van der Waals surface area (Å²) < 4.78 is 4.18. The first-order valence-corrected chi connectivity index (χ1v) is 11.5. The minimum absolute atomic E-state index is 0.712. The van der Waals surface area contributed by atoms with Gasteiger partial charge in [0.25, 0.3) is 0 Å². The highest BCUT2D eigenvalue weighted by atomic mass is 16.3. The number of aromatic nitrogens is 4. The van der Waals surface area contributed by atoms with Crippen LogP contribution in [0.15, 0.2) is 24.8 Å². The fraction of sp³-hybridized carbons (Fsp3) is 0.739. The fourth-order valence-corrected chi connectivity index (χ4v) is 3.76. The van der Waals surface area contributed by atoms with E-state index in [0.29, 0.717) is 11.6 Å². The Labute approximate surface area is 171 Å². The van der Waals surface area contributed by atoms with Gasteiger partial charge in [0.1, 0.15) is 11.6 Å². The smallest absolute Gasteiger partial charge is 0.169 e. The Morgan fingerprint density at radius 2 is 1.07 bits per heavy atom. The van der Waals surface area contributed by atoms with Crippen LogP contribution in [0.5, 0.6) is 0 Å². The van der Waals surface area contributed by atoms with E-state index in [0.717, 1.165) is 25.9 Å². The highest BCUT2D eigenvalue weighted by Crippen LogP contribution is 2.21. The lowest BCUT2D eigenvalue weighted by molar-refractivity contribution is 0.188. The molecule has 0 bridgehead atoms. The van der Waals surface area contributed by atoms with Crippen molar-refractivity contribution in [1.29, 1.82) is 0 Å². The van der Waals surface area contributed by atoms with Gasteiger partial charge in [0.05, 0.1) is 0 Å². The number of aliphatic hydroxyl groups is 1. The van der Waals surface area contributed by atoms with Crippen LogP contribution in [-0.4, -0.2) is 24.2 Å². The summed E-state index contributed by atoms with van der Waals surface area (Å²) in [7, 11) is 0. The van der Waals surface area contributed by atoms with Crippen molar-refractivity contribution in [3.8, 4) is 0 Å². The average molecular weight is 389 g/mol. The van der Waals surface area contributed by atoms with Crippen LogP contribution in [0.3, 0.4) is 0 Å². The van der Waals surface area contributed by atoms with Gasteiger partial charge in [-0.2, -0.15) is 0 Å². The summed E-state index contributed by atoms with van der Waals surface area (Å²) in [4.78, 5) is 8.86. The molecule has 0 aromatic carbocycles. The van der Waals surface area contributed by atoms with Gasteiger partial charge in [-0.3, -0.25) is 0 Å². The lowest BCUT2D eigenvalue weighted by atomic mass is 10.1. The summed E-state index contributed by atoms with van der Waals surface area (Å²) in [5, 5.41) is 10.9. The number of aliphatic hydroxyl groups excluding tert-OH is 1. The molecule has 2 heterocycles. The van der Waals surface area contributed by atoms with Crippen molar-refractivity contribution < 1.29 is 5.11 Å². The van der Waals surface area contributed by atoms with E-state index in [1.807, 2.05) is 12.4 Å². The van der Waals surface area contributed by atoms with E-state index in [4.69, 9.17) is 0 Å². The second-order valence-electron chi connectivity index (χ2n) is 7.90. The van der Waals surface area contributed by atoms with Crippen molar-refractivity contribution in [2.45, 2.75) is 110 Å². The van der Waals surface area contributed by atoms with Gasteiger partial charge < -0.3 is 14.2 Å². The van der Waals surface area contributed by atoms with E-state index in [2.05, 4.69) is 32.9 Å². The number of nitrogens with zero attached hydrogens (tertiary/aromatic N) is 4. The maximum atomic E-state index is 10.9. The number of imidazole rings is 2. The van der Waals surface area contributed by atoms with Crippen LogP contribution in [0.25, 0.3) is 0 Å². The third-order valence-electron chi connectivity index (χ3n) is 5.49. The molecule has 2 aromatic rings. The zero-order valence-electron chi connectivity index (χ0n) is 18.0. The van der Waals surface area contributed by atoms with Crippen molar-refractivity contribution in [3.05, 3.63) is 36.4 Å². The van der Waals surface area contributed by atoms with Gasteiger partial charge in [0.15, 0.2) is 6.10 Å². The molecule has 0 aliphatic carbocycles. The molecule has 0 atom stereocenters. The van der Waals surface area contributed by atoms with Gasteiger partial charge in [-0.05, 0) is 12.8 Å². The fourth-order valence-electron chi connectivity index (χ4n) is 3.76. The Balaban J connectivity index is 1.83. The summed E-state index contributed by atoms with van der Waals surface area (Å²) in [5.41, 5.74) is 0. The normalized spacial score (nSPS) is 11.6. The Hall–Kier alpha value is -1.62. The first-order valence-electron chi connectivity index (χ1n) is 11.5. The lowest BCUT2D eigenvalue weighted by Gasteiger charge is -2.15. The van der Waals surface area contributed by atoms with Gasteiger partial charge in [0.2, 0.25) is 0 Å². The largest absolute Gasteiger partial charge is 0.377 e. The zero-order valence-corrected chi connectivity index (χ0v) is 18.0. The molecule has 0 aliphatic rings. The van der Waals surface area contributed by atoms with Crippen molar-refractivity contribution >= 4 is 0 Å². The molecule has 2 aromatic heterocycles. The maximum absolute atomic E-state index is 10.9. The van der Waals surface area contributed by atoms with E-state index in [1.165, 1.54) is 64.2 Å². The number of hydrogen-bond acceptors (Lipinski definition) is 3. The Kier molecular flexibility index (Phi) is 11.0. The maximum Gasteiger partial charge on any atom is 0.169 e. The molecule has 0 radical (unpaired) electrons. The zero-order chi connectivity index (χ0) is 20.0. The van der Waals surface area contributed by atoms with Crippen LogP contribution >= 0.6 is 0 Å². The van der Waals surface area contributed by atoms with Crippen molar-refractivity contribution in [1.82, 2.24) is 19.1 Å². The molecule has 0 unspecified atom stereocenters. The second-order valence-corrected chi connectivity index (χ2v) is 7.90. The van der Waals surface area contributed by atoms with Crippen LogP contribution in [0.4, 0.5) is 0 Å². The molecule has 0 saturated heterocycles. The van der Waals surface area contributed by atoms with E-state index >= 15 is 0 Å². The van der Waals surface area contributed by atoms with Crippen molar-refractivity contribution in [2.75, 3.05) is 0 Å². The summed E-state index contributed by atoms with van der Waals surface area (Å²) in [5.74, 6) is 1.42. The first-order chi connectivity index (χ1) is 13.8. The van der Waals surface area contributed by atoms with Crippen molar-refractivity contribution in [3.63, 3.8) is 0 Å².